The van der Waals surface area contributed by atoms with Crippen molar-refractivity contribution in [2.45, 2.75) is 25.4 Å². The lowest BCUT2D eigenvalue weighted by Crippen LogP contribution is -2.41. The molecule has 0 aromatic heterocycles. The van der Waals surface area contributed by atoms with Gasteiger partial charge in [0.2, 0.25) is 0 Å². The molecule has 0 amide bonds. The maximum absolute atomic E-state index is 5.43. The molecule has 0 spiro atoms. The Kier molecular flexibility index (Phi) is 3.79. The molecule has 2 aliphatic heterocycles. The number of likely N-dealkylation sites (tertiary alicyclic amines) is 1. The molecule has 82 valence electrons. The summed E-state index contributed by atoms with van der Waals surface area (Å²) in [6, 6.07) is 0. The third kappa shape index (κ3) is 2.69. The SMILES string of the molecule is COC1CCCN(CC2CCNC2)C1. The smallest absolute Gasteiger partial charge is 0.0698 e. The van der Waals surface area contributed by atoms with E-state index >= 15 is 0 Å². The first kappa shape index (κ1) is 10.4. The third-order valence-electron chi connectivity index (χ3n) is 3.47. The third-order valence-corrected chi connectivity index (χ3v) is 3.47. The Morgan fingerprint density at radius 1 is 1.43 bits per heavy atom. The fourth-order valence-corrected chi connectivity index (χ4v) is 2.61. The monoisotopic (exact) mass is 198 g/mol. The molecular formula is C11H22N2O. The van der Waals surface area contributed by atoms with Gasteiger partial charge in [0.15, 0.2) is 0 Å². The van der Waals surface area contributed by atoms with Crippen LogP contribution in [-0.2, 0) is 4.74 Å². The van der Waals surface area contributed by atoms with Gasteiger partial charge in [0.1, 0.15) is 0 Å². The van der Waals surface area contributed by atoms with E-state index in [4.69, 9.17) is 4.74 Å². The summed E-state index contributed by atoms with van der Waals surface area (Å²) in [6.07, 6.45) is 4.39. The topological polar surface area (TPSA) is 24.5 Å². The summed E-state index contributed by atoms with van der Waals surface area (Å²) in [4.78, 5) is 2.58. The van der Waals surface area contributed by atoms with Crippen LogP contribution in [-0.4, -0.2) is 50.8 Å². The molecule has 0 bridgehead atoms. The van der Waals surface area contributed by atoms with Crippen molar-refractivity contribution >= 4 is 0 Å². The van der Waals surface area contributed by atoms with Gasteiger partial charge < -0.3 is 15.0 Å². The number of hydrogen-bond acceptors (Lipinski definition) is 3. The van der Waals surface area contributed by atoms with Gasteiger partial charge in [-0.1, -0.05) is 0 Å². The second kappa shape index (κ2) is 5.10. The van der Waals surface area contributed by atoms with Crippen LogP contribution in [0.25, 0.3) is 0 Å². The highest BCUT2D eigenvalue weighted by Crippen LogP contribution is 2.16. The van der Waals surface area contributed by atoms with E-state index in [1.165, 1.54) is 45.4 Å². The second-order valence-corrected chi connectivity index (χ2v) is 4.62. The zero-order valence-corrected chi connectivity index (χ0v) is 9.17. The number of rotatable bonds is 3. The minimum atomic E-state index is 0.484. The number of hydrogen-bond donors (Lipinski definition) is 1. The minimum Gasteiger partial charge on any atom is -0.380 e. The highest BCUT2D eigenvalue weighted by Gasteiger charge is 2.23. The molecule has 2 rings (SSSR count). The Labute approximate surface area is 86.8 Å². The average molecular weight is 198 g/mol. The van der Waals surface area contributed by atoms with Crippen LogP contribution in [0.3, 0.4) is 0 Å². The molecule has 2 unspecified atom stereocenters. The molecule has 1 N–H and O–H groups in total. The average Bonchev–Trinajstić information content (AvgIpc) is 2.71. The fraction of sp³-hybridized carbons (Fsp3) is 1.00. The molecule has 2 aliphatic rings. The van der Waals surface area contributed by atoms with Crippen molar-refractivity contribution < 1.29 is 4.74 Å². The lowest BCUT2D eigenvalue weighted by atomic mass is 10.0. The van der Waals surface area contributed by atoms with Gasteiger partial charge in [-0.2, -0.15) is 0 Å². The highest BCUT2D eigenvalue weighted by molar-refractivity contribution is 4.79. The number of nitrogens with one attached hydrogen (secondary N) is 1. The Hall–Kier alpha value is -0.120. The van der Waals surface area contributed by atoms with Crippen molar-refractivity contribution in [3.05, 3.63) is 0 Å². The standard InChI is InChI=1S/C11H22N2O/c1-14-11-3-2-6-13(9-11)8-10-4-5-12-7-10/h10-12H,2-9H2,1H3. The number of piperidine rings is 1. The molecule has 0 aromatic rings. The van der Waals surface area contributed by atoms with E-state index in [0.717, 1.165) is 12.5 Å². The summed E-state index contributed by atoms with van der Waals surface area (Å²) < 4.78 is 5.43. The highest BCUT2D eigenvalue weighted by atomic mass is 16.5. The normalized spacial score (nSPS) is 34.9. The van der Waals surface area contributed by atoms with Crippen molar-refractivity contribution in [2.75, 3.05) is 39.8 Å². The van der Waals surface area contributed by atoms with Gasteiger partial charge >= 0.3 is 0 Å². The molecule has 0 aliphatic carbocycles. The first-order chi connectivity index (χ1) is 6.88. The van der Waals surface area contributed by atoms with Crippen LogP contribution >= 0.6 is 0 Å². The predicted octanol–water partition coefficient (Wildman–Crippen LogP) is 0.707. The molecule has 14 heavy (non-hydrogen) atoms. The van der Waals surface area contributed by atoms with E-state index in [2.05, 4.69) is 10.2 Å². The van der Waals surface area contributed by atoms with Crippen LogP contribution in [0.15, 0.2) is 0 Å². The Balaban J connectivity index is 1.73. The van der Waals surface area contributed by atoms with E-state index < -0.39 is 0 Å². The quantitative estimate of drug-likeness (QED) is 0.723. The second-order valence-electron chi connectivity index (χ2n) is 4.62. The van der Waals surface area contributed by atoms with Crippen molar-refractivity contribution in [1.29, 1.82) is 0 Å². The van der Waals surface area contributed by atoms with Crippen LogP contribution < -0.4 is 5.32 Å². The summed E-state index contributed by atoms with van der Waals surface area (Å²) in [7, 11) is 1.84. The van der Waals surface area contributed by atoms with Crippen molar-refractivity contribution in [3.63, 3.8) is 0 Å². The molecule has 0 saturated carbocycles. The summed E-state index contributed by atoms with van der Waals surface area (Å²) >= 11 is 0. The summed E-state index contributed by atoms with van der Waals surface area (Å²) in [6.45, 7) is 6.12. The van der Waals surface area contributed by atoms with Gasteiger partial charge in [0.05, 0.1) is 6.10 Å². The molecular weight excluding hydrogens is 176 g/mol. The van der Waals surface area contributed by atoms with Gasteiger partial charge in [-0.3, -0.25) is 0 Å². The largest absolute Gasteiger partial charge is 0.380 e. The number of methoxy groups -OCH3 is 1. The zero-order chi connectivity index (χ0) is 9.80. The summed E-state index contributed by atoms with van der Waals surface area (Å²) in [5.74, 6) is 0.880. The van der Waals surface area contributed by atoms with Crippen LogP contribution in [0.1, 0.15) is 19.3 Å². The molecule has 2 heterocycles. The van der Waals surface area contributed by atoms with Crippen LogP contribution in [0, 0.1) is 5.92 Å². The first-order valence-corrected chi connectivity index (χ1v) is 5.84. The van der Waals surface area contributed by atoms with Crippen LogP contribution in [0.2, 0.25) is 0 Å². The minimum absolute atomic E-state index is 0.484. The molecule has 2 saturated heterocycles. The van der Waals surface area contributed by atoms with E-state index in [-0.39, 0.29) is 0 Å². The van der Waals surface area contributed by atoms with Crippen molar-refractivity contribution in [2.24, 2.45) is 5.92 Å². The predicted molar refractivity (Wildman–Crippen MR) is 57.4 cm³/mol. The lowest BCUT2D eigenvalue weighted by molar-refractivity contribution is 0.0268. The van der Waals surface area contributed by atoms with Gasteiger partial charge in [0, 0.05) is 20.2 Å². The number of nitrogens with zero attached hydrogens (tertiary/aromatic N) is 1. The molecule has 0 radical (unpaired) electrons. The maximum Gasteiger partial charge on any atom is 0.0698 e. The van der Waals surface area contributed by atoms with Gasteiger partial charge in [0.25, 0.3) is 0 Å². The lowest BCUT2D eigenvalue weighted by Gasteiger charge is -2.33. The molecule has 3 heteroatoms. The van der Waals surface area contributed by atoms with E-state index in [9.17, 15) is 0 Å². The Morgan fingerprint density at radius 2 is 2.36 bits per heavy atom. The first-order valence-electron chi connectivity index (χ1n) is 5.84. The van der Waals surface area contributed by atoms with Crippen LogP contribution in [0.4, 0.5) is 0 Å². The van der Waals surface area contributed by atoms with Crippen molar-refractivity contribution in [1.82, 2.24) is 10.2 Å². The van der Waals surface area contributed by atoms with Gasteiger partial charge in [-0.15, -0.1) is 0 Å². The van der Waals surface area contributed by atoms with Gasteiger partial charge in [-0.25, -0.2) is 0 Å². The van der Waals surface area contributed by atoms with Gasteiger partial charge in [-0.05, 0) is 44.8 Å². The van der Waals surface area contributed by atoms with E-state index in [1.807, 2.05) is 7.11 Å². The number of ether oxygens (including phenoxy) is 1. The maximum atomic E-state index is 5.43. The van der Waals surface area contributed by atoms with E-state index in [0.29, 0.717) is 6.10 Å². The van der Waals surface area contributed by atoms with Crippen LogP contribution in [0.5, 0.6) is 0 Å². The molecule has 3 nitrogen and oxygen atoms in total. The molecule has 2 fully saturated rings. The molecule has 2 atom stereocenters. The Morgan fingerprint density at radius 3 is 3.07 bits per heavy atom. The summed E-state index contributed by atoms with van der Waals surface area (Å²) in [5.41, 5.74) is 0. The van der Waals surface area contributed by atoms with Crippen molar-refractivity contribution in [3.8, 4) is 0 Å². The fourth-order valence-electron chi connectivity index (χ4n) is 2.61. The Bertz CT molecular complexity index is 169. The summed E-state index contributed by atoms with van der Waals surface area (Å²) in [5, 5.41) is 3.43. The van der Waals surface area contributed by atoms with E-state index in [1.54, 1.807) is 0 Å². The molecule has 0 aromatic carbocycles. The zero-order valence-electron chi connectivity index (χ0n) is 9.17.